The number of anilines is 1. The van der Waals surface area contributed by atoms with E-state index in [1.165, 1.54) is 12.1 Å². The molecule has 0 bridgehead atoms. The first kappa shape index (κ1) is 20.3. The summed E-state index contributed by atoms with van der Waals surface area (Å²) in [5, 5.41) is 0. The van der Waals surface area contributed by atoms with Crippen LogP contribution in [0.25, 0.3) is 0 Å². The van der Waals surface area contributed by atoms with Crippen molar-refractivity contribution < 1.29 is 18.7 Å². The molecule has 0 N–H and O–H groups in total. The standard InChI is InChI=1S/C25H26FNO3/c1-4-30-19-11-5-16(6-12-19)20-13-23(29)27(18-9-7-17(26)8-10-18)21-14-25(2,3)15-22(28)24(20)21/h5-12,20H,4,13-15H2,1-3H3. The number of allylic oxidation sites excluding steroid dienone is 2. The van der Waals surface area contributed by atoms with Gasteiger partial charge in [-0.2, -0.15) is 0 Å². The van der Waals surface area contributed by atoms with Crippen molar-refractivity contribution >= 4 is 17.4 Å². The molecule has 4 nitrogen and oxygen atoms in total. The van der Waals surface area contributed by atoms with Gasteiger partial charge in [-0.3, -0.25) is 14.5 Å². The molecule has 2 aromatic carbocycles. The Bertz CT molecular complexity index is 1010. The first-order valence-corrected chi connectivity index (χ1v) is 10.4. The summed E-state index contributed by atoms with van der Waals surface area (Å²) >= 11 is 0. The van der Waals surface area contributed by atoms with E-state index in [0.29, 0.717) is 30.7 Å². The van der Waals surface area contributed by atoms with Gasteiger partial charge < -0.3 is 4.74 Å². The average molecular weight is 407 g/mol. The second kappa shape index (κ2) is 7.71. The fourth-order valence-corrected chi connectivity index (χ4v) is 4.55. The fourth-order valence-electron chi connectivity index (χ4n) is 4.55. The summed E-state index contributed by atoms with van der Waals surface area (Å²) in [5.74, 6) is 0.138. The number of ether oxygens (including phenoxy) is 1. The number of rotatable bonds is 4. The van der Waals surface area contributed by atoms with Crippen molar-refractivity contribution in [2.24, 2.45) is 5.41 Å². The van der Waals surface area contributed by atoms with E-state index in [2.05, 4.69) is 0 Å². The Hall–Kier alpha value is -2.95. The summed E-state index contributed by atoms with van der Waals surface area (Å²) in [6.45, 7) is 6.60. The van der Waals surface area contributed by atoms with Gasteiger partial charge >= 0.3 is 0 Å². The van der Waals surface area contributed by atoms with E-state index in [0.717, 1.165) is 17.0 Å². The van der Waals surface area contributed by atoms with Crippen LogP contribution in [0, 0.1) is 11.2 Å². The van der Waals surface area contributed by atoms with Crippen LogP contribution in [0.5, 0.6) is 5.75 Å². The molecule has 1 aliphatic carbocycles. The minimum atomic E-state index is -0.357. The van der Waals surface area contributed by atoms with E-state index in [9.17, 15) is 14.0 Å². The molecule has 1 heterocycles. The lowest BCUT2D eigenvalue weighted by atomic mass is 9.69. The number of benzene rings is 2. The van der Waals surface area contributed by atoms with Crippen molar-refractivity contribution in [3.8, 4) is 5.75 Å². The van der Waals surface area contributed by atoms with Crippen LogP contribution in [0.1, 0.15) is 51.5 Å². The zero-order chi connectivity index (χ0) is 21.5. The highest BCUT2D eigenvalue weighted by atomic mass is 19.1. The molecule has 0 saturated carbocycles. The number of hydrogen-bond acceptors (Lipinski definition) is 3. The lowest BCUT2D eigenvalue weighted by Crippen LogP contribution is -2.43. The second-order valence-corrected chi connectivity index (χ2v) is 8.77. The summed E-state index contributed by atoms with van der Waals surface area (Å²) in [6, 6.07) is 13.5. The van der Waals surface area contributed by atoms with Crippen LogP contribution >= 0.6 is 0 Å². The molecule has 30 heavy (non-hydrogen) atoms. The van der Waals surface area contributed by atoms with Crippen LogP contribution in [0.2, 0.25) is 0 Å². The van der Waals surface area contributed by atoms with E-state index in [-0.39, 0.29) is 35.3 Å². The van der Waals surface area contributed by atoms with Gasteiger partial charge in [0.25, 0.3) is 0 Å². The number of carbonyl (C=O) groups is 2. The van der Waals surface area contributed by atoms with Crippen molar-refractivity contribution in [2.75, 3.05) is 11.5 Å². The highest BCUT2D eigenvalue weighted by Crippen LogP contribution is 2.48. The zero-order valence-electron chi connectivity index (χ0n) is 17.6. The van der Waals surface area contributed by atoms with E-state index >= 15 is 0 Å². The summed E-state index contributed by atoms with van der Waals surface area (Å²) < 4.78 is 19.0. The Morgan fingerprint density at radius 2 is 1.70 bits per heavy atom. The van der Waals surface area contributed by atoms with Crippen molar-refractivity contribution in [2.45, 2.75) is 46.0 Å². The summed E-state index contributed by atoms with van der Waals surface area (Å²) in [5.41, 5.74) is 2.76. The molecule has 4 rings (SSSR count). The molecule has 0 spiro atoms. The van der Waals surface area contributed by atoms with Gasteiger partial charge in [0.1, 0.15) is 11.6 Å². The number of nitrogens with zero attached hydrogens (tertiary/aromatic N) is 1. The lowest BCUT2D eigenvalue weighted by Gasteiger charge is -2.43. The van der Waals surface area contributed by atoms with Crippen LogP contribution in [-0.4, -0.2) is 18.3 Å². The summed E-state index contributed by atoms with van der Waals surface area (Å²) in [7, 11) is 0. The molecule has 156 valence electrons. The van der Waals surface area contributed by atoms with Gasteiger partial charge in [0.15, 0.2) is 5.78 Å². The maximum atomic E-state index is 13.5. The third kappa shape index (κ3) is 3.76. The quantitative estimate of drug-likeness (QED) is 0.683. The fraction of sp³-hybridized carbons (Fsp3) is 0.360. The Labute approximate surface area is 176 Å². The van der Waals surface area contributed by atoms with Crippen LogP contribution in [0.15, 0.2) is 59.8 Å². The first-order valence-electron chi connectivity index (χ1n) is 10.4. The molecule has 0 fully saturated rings. The summed E-state index contributed by atoms with van der Waals surface area (Å²) in [4.78, 5) is 28.1. The van der Waals surface area contributed by atoms with Gasteiger partial charge in [-0.15, -0.1) is 0 Å². The topological polar surface area (TPSA) is 46.6 Å². The highest BCUT2D eigenvalue weighted by Gasteiger charge is 2.44. The van der Waals surface area contributed by atoms with E-state index in [1.807, 2.05) is 45.0 Å². The number of Topliss-reactive ketones (excluding diaryl/α,β-unsaturated/α-hetero) is 1. The zero-order valence-corrected chi connectivity index (χ0v) is 17.6. The van der Waals surface area contributed by atoms with Gasteiger partial charge in [0.05, 0.1) is 6.61 Å². The number of amides is 1. The number of ketones is 1. The minimum absolute atomic E-state index is 0.0789. The molecule has 2 aromatic rings. The molecular weight excluding hydrogens is 381 g/mol. The first-order chi connectivity index (χ1) is 14.3. The van der Waals surface area contributed by atoms with E-state index < -0.39 is 0 Å². The SMILES string of the molecule is CCOc1ccc(C2CC(=O)N(c3ccc(F)cc3)C3=C2C(=O)CC(C)(C)C3)cc1. The van der Waals surface area contributed by atoms with Crippen molar-refractivity contribution in [1.29, 1.82) is 0 Å². The monoisotopic (exact) mass is 407 g/mol. The van der Waals surface area contributed by atoms with Crippen molar-refractivity contribution in [3.63, 3.8) is 0 Å². The molecule has 0 saturated heterocycles. The molecule has 2 aliphatic rings. The van der Waals surface area contributed by atoms with Crippen LogP contribution in [-0.2, 0) is 9.59 Å². The van der Waals surface area contributed by atoms with Crippen molar-refractivity contribution in [1.82, 2.24) is 0 Å². The highest BCUT2D eigenvalue weighted by molar-refractivity contribution is 6.07. The van der Waals surface area contributed by atoms with Gasteiger partial charge in [-0.05, 0) is 60.7 Å². The molecule has 5 heteroatoms. The van der Waals surface area contributed by atoms with E-state index in [4.69, 9.17) is 4.74 Å². The number of hydrogen-bond donors (Lipinski definition) is 0. The van der Waals surface area contributed by atoms with Crippen molar-refractivity contribution in [3.05, 3.63) is 71.2 Å². The number of halogens is 1. The van der Waals surface area contributed by atoms with Crippen LogP contribution < -0.4 is 9.64 Å². The molecule has 1 amide bonds. The Morgan fingerprint density at radius 3 is 2.33 bits per heavy atom. The smallest absolute Gasteiger partial charge is 0.232 e. The molecular formula is C25H26FNO3. The average Bonchev–Trinajstić information content (AvgIpc) is 2.68. The maximum absolute atomic E-state index is 13.5. The van der Waals surface area contributed by atoms with Crippen LogP contribution in [0.3, 0.4) is 0 Å². The van der Waals surface area contributed by atoms with Gasteiger partial charge in [-0.1, -0.05) is 26.0 Å². The van der Waals surface area contributed by atoms with Crippen LogP contribution in [0.4, 0.5) is 10.1 Å². The normalized spacial score (nSPS) is 20.9. The Morgan fingerprint density at radius 1 is 1.03 bits per heavy atom. The Kier molecular flexibility index (Phi) is 5.22. The predicted octanol–water partition coefficient (Wildman–Crippen LogP) is 5.39. The minimum Gasteiger partial charge on any atom is -0.494 e. The van der Waals surface area contributed by atoms with Gasteiger partial charge in [0.2, 0.25) is 5.91 Å². The number of carbonyl (C=O) groups excluding carboxylic acids is 2. The molecule has 1 unspecified atom stereocenters. The third-order valence-corrected chi connectivity index (χ3v) is 5.82. The molecule has 0 radical (unpaired) electrons. The maximum Gasteiger partial charge on any atom is 0.232 e. The summed E-state index contributed by atoms with van der Waals surface area (Å²) in [6.07, 6.45) is 1.27. The molecule has 1 aliphatic heterocycles. The van der Waals surface area contributed by atoms with E-state index in [1.54, 1.807) is 17.0 Å². The second-order valence-electron chi connectivity index (χ2n) is 8.77. The Balaban J connectivity index is 1.82. The largest absolute Gasteiger partial charge is 0.494 e. The molecule has 0 aromatic heterocycles. The van der Waals surface area contributed by atoms with Gasteiger partial charge in [-0.25, -0.2) is 4.39 Å². The predicted molar refractivity (Wildman–Crippen MR) is 114 cm³/mol. The lowest BCUT2D eigenvalue weighted by molar-refractivity contribution is -0.121. The molecule has 1 atom stereocenters. The third-order valence-electron chi connectivity index (χ3n) is 5.82. The van der Waals surface area contributed by atoms with Gasteiger partial charge in [0, 0.05) is 35.7 Å².